The molecule has 0 radical (unpaired) electrons. The molecule has 2 aromatic rings. The molecule has 0 heterocycles. The quantitative estimate of drug-likeness (QED) is 0.782. The zero-order valence-electron chi connectivity index (χ0n) is 13.9. The first-order valence-electron chi connectivity index (χ1n) is 7.70. The topological polar surface area (TPSA) is 40.6 Å². The van der Waals surface area contributed by atoms with Gasteiger partial charge in [-0.3, -0.25) is 0 Å². The lowest BCUT2D eigenvalue weighted by atomic mass is 10.2. The number of sulfonamides is 1. The molecular weight excluding hydrogens is 308 g/mol. The van der Waals surface area contributed by atoms with Gasteiger partial charge in [0.1, 0.15) is 0 Å². The summed E-state index contributed by atoms with van der Waals surface area (Å²) in [6, 6.07) is 17.3. The second-order valence-electron chi connectivity index (χ2n) is 5.73. The summed E-state index contributed by atoms with van der Waals surface area (Å²) in [5.74, 6) is 0.0391. The molecule has 0 fully saturated rings. The highest BCUT2D eigenvalue weighted by Crippen LogP contribution is 2.17. The Balaban J connectivity index is 2.12. The molecule has 0 amide bonds. The average molecular weight is 332 g/mol. The summed E-state index contributed by atoms with van der Waals surface area (Å²) >= 11 is 0. The lowest BCUT2D eigenvalue weighted by Crippen LogP contribution is -2.31. The van der Waals surface area contributed by atoms with Crippen LogP contribution in [-0.2, 0) is 22.3 Å². The largest absolute Gasteiger partial charge is 0.378 e. The minimum Gasteiger partial charge on any atom is -0.378 e. The summed E-state index contributed by atoms with van der Waals surface area (Å²) in [6.45, 7) is 2.74. The Bertz CT molecular complexity index is 710. The molecule has 2 aromatic carbocycles. The number of nitrogens with zero attached hydrogens (tertiary/aromatic N) is 2. The van der Waals surface area contributed by atoms with Crippen LogP contribution in [0.5, 0.6) is 0 Å². The first-order chi connectivity index (χ1) is 10.9. The fraction of sp³-hybridized carbons (Fsp3) is 0.333. The standard InChI is InChI=1S/C18H24N2O2S/c1-4-20(14-16-10-12-18(13-11-16)19(2)3)23(21,22)15-17-8-6-5-7-9-17/h5-13H,4,14-15H2,1-3H3. The van der Waals surface area contributed by atoms with Gasteiger partial charge in [-0.15, -0.1) is 0 Å². The van der Waals surface area contributed by atoms with Crippen molar-refractivity contribution in [2.45, 2.75) is 19.2 Å². The molecule has 0 N–H and O–H groups in total. The predicted octanol–water partition coefficient (Wildman–Crippen LogP) is 3.10. The molecule has 23 heavy (non-hydrogen) atoms. The van der Waals surface area contributed by atoms with E-state index in [9.17, 15) is 8.42 Å². The molecule has 0 spiro atoms. The normalized spacial score (nSPS) is 11.7. The number of hydrogen-bond donors (Lipinski definition) is 0. The zero-order chi connectivity index (χ0) is 16.9. The molecule has 124 valence electrons. The molecule has 0 bridgehead atoms. The first-order valence-corrected chi connectivity index (χ1v) is 9.31. The lowest BCUT2D eigenvalue weighted by molar-refractivity contribution is 0.423. The number of benzene rings is 2. The molecule has 0 aliphatic carbocycles. The molecule has 0 unspecified atom stereocenters. The van der Waals surface area contributed by atoms with Crippen molar-refractivity contribution in [3.63, 3.8) is 0 Å². The van der Waals surface area contributed by atoms with E-state index in [1.54, 1.807) is 0 Å². The minimum absolute atomic E-state index is 0.0391. The van der Waals surface area contributed by atoms with E-state index in [0.29, 0.717) is 13.1 Å². The Morgan fingerprint density at radius 1 is 0.870 bits per heavy atom. The van der Waals surface area contributed by atoms with E-state index < -0.39 is 10.0 Å². The van der Waals surface area contributed by atoms with Gasteiger partial charge in [0.15, 0.2) is 0 Å². The molecule has 0 aromatic heterocycles. The molecule has 0 atom stereocenters. The molecule has 0 aliphatic heterocycles. The van der Waals surface area contributed by atoms with Crippen molar-refractivity contribution in [1.29, 1.82) is 0 Å². The Morgan fingerprint density at radius 2 is 1.48 bits per heavy atom. The van der Waals surface area contributed by atoms with Crippen LogP contribution in [0.15, 0.2) is 54.6 Å². The van der Waals surface area contributed by atoms with Crippen LogP contribution >= 0.6 is 0 Å². The van der Waals surface area contributed by atoms with Gasteiger partial charge < -0.3 is 4.90 Å². The highest BCUT2D eigenvalue weighted by molar-refractivity contribution is 7.88. The molecule has 0 aliphatic rings. The SMILES string of the molecule is CCN(Cc1ccc(N(C)C)cc1)S(=O)(=O)Cc1ccccc1. The van der Waals surface area contributed by atoms with E-state index in [0.717, 1.165) is 16.8 Å². The van der Waals surface area contributed by atoms with Crippen LogP contribution in [0.3, 0.4) is 0 Å². The third kappa shape index (κ3) is 4.81. The van der Waals surface area contributed by atoms with Gasteiger partial charge in [-0.1, -0.05) is 49.4 Å². The van der Waals surface area contributed by atoms with Crippen molar-refractivity contribution in [3.05, 3.63) is 65.7 Å². The summed E-state index contributed by atoms with van der Waals surface area (Å²) in [5.41, 5.74) is 2.91. The van der Waals surface area contributed by atoms with Crippen LogP contribution in [0.4, 0.5) is 5.69 Å². The Morgan fingerprint density at radius 3 is 2.00 bits per heavy atom. The van der Waals surface area contributed by atoms with Crippen molar-refractivity contribution >= 4 is 15.7 Å². The highest BCUT2D eigenvalue weighted by atomic mass is 32.2. The van der Waals surface area contributed by atoms with E-state index in [-0.39, 0.29) is 5.75 Å². The van der Waals surface area contributed by atoms with Crippen molar-refractivity contribution in [3.8, 4) is 0 Å². The van der Waals surface area contributed by atoms with E-state index in [1.165, 1.54) is 4.31 Å². The number of rotatable bonds is 7. The average Bonchev–Trinajstić information content (AvgIpc) is 2.53. The van der Waals surface area contributed by atoms with E-state index in [2.05, 4.69) is 0 Å². The smallest absolute Gasteiger partial charge is 0.218 e. The third-order valence-electron chi connectivity index (χ3n) is 3.75. The summed E-state index contributed by atoms with van der Waals surface area (Å²) in [7, 11) is 0.640. The van der Waals surface area contributed by atoms with Crippen molar-refractivity contribution < 1.29 is 8.42 Å². The maximum Gasteiger partial charge on any atom is 0.218 e. The summed E-state index contributed by atoms with van der Waals surface area (Å²) in [4.78, 5) is 2.02. The maximum absolute atomic E-state index is 12.6. The van der Waals surface area contributed by atoms with E-state index in [1.807, 2.05) is 80.5 Å². The molecular formula is C18H24N2O2S. The van der Waals surface area contributed by atoms with Crippen LogP contribution in [0.25, 0.3) is 0 Å². The fourth-order valence-electron chi connectivity index (χ4n) is 2.39. The second kappa shape index (κ2) is 7.62. The van der Waals surface area contributed by atoms with Crippen LogP contribution in [-0.4, -0.2) is 33.4 Å². The van der Waals surface area contributed by atoms with Gasteiger partial charge in [0.2, 0.25) is 10.0 Å². The first kappa shape index (κ1) is 17.5. The molecule has 0 saturated heterocycles. The second-order valence-corrected chi connectivity index (χ2v) is 7.70. The van der Waals surface area contributed by atoms with Crippen molar-refractivity contribution in [1.82, 2.24) is 4.31 Å². The highest BCUT2D eigenvalue weighted by Gasteiger charge is 2.21. The fourth-order valence-corrected chi connectivity index (χ4v) is 3.92. The monoisotopic (exact) mass is 332 g/mol. The summed E-state index contributed by atoms with van der Waals surface area (Å²) in [5, 5.41) is 0. The molecule has 0 saturated carbocycles. The number of hydrogen-bond acceptors (Lipinski definition) is 3. The van der Waals surface area contributed by atoms with Gasteiger partial charge >= 0.3 is 0 Å². The van der Waals surface area contributed by atoms with Gasteiger partial charge in [-0.05, 0) is 23.3 Å². The third-order valence-corrected chi connectivity index (χ3v) is 5.62. The van der Waals surface area contributed by atoms with Gasteiger partial charge in [0, 0.05) is 32.9 Å². The minimum atomic E-state index is -3.33. The van der Waals surface area contributed by atoms with E-state index >= 15 is 0 Å². The zero-order valence-corrected chi connectivity index (χ0v) is 14.8. The molecule has 4 nitrogen and oxygen atoms in total. The lowest BCUT2D eigenvalue weighted by Gasteiger charge is -2.21. The van der Waals surface area contributed by atoms with Crippen LogP contribution in [0, 0.1) is 0 Å². The Labute approximate surface area is 139 Å². The van der Waals surface area contributed by atoms with Crippen LogP contribution in [0.2, 0.25) is 0 Å². The van der Waals surface area contributed by atoms with Gasteiger partial charge in [0.05, 0.1) is 5.75 Å². The molecule has 2 rings (SSSR count). The summed E-state index contributed by atoms with van der Waals surface area (Å²) < 4.78 is 26.8. The van der Waals surface area contributed by atoms with Crippen molar-refractivity contribution in [2.75, 3.05) is 25.5 Å². The van der Waals surface area contributed by atoms with Crippen LogP contribution < -0.4 is 4.90 Å². The van der Waals surface area contributed by atoms with Gasteiger partial charge in [-0.25, -0.2) is 8.42 Å². The van der Waals surface area contributed by atoms with E-state index in [4.69, 9.17) is 0 Å². The number of anilines is 1. The Hall–Kier alpha value is -1.85. The summed E-state index contributed by atoms with van der Waals surface area (Å²) in [6.07, 6.45) is 0. The molecule has 5 heteroatoms. The maximum atomic E-state index is 12.6. The van der Waals surface area contributed by atoms with Crippen LogP contribution in [0.1, 0.15) is 18.1 Å². The van der Waals surface area contributed by atoms with Crippen molar-refractivity contribution in [2.24, 2.45) is 0 Å². The van der Waals surface area contributed by atoms with Gasteiger partial charge in [0.25, 0.3) is 0 Å². The predicted molar refractivity (Wildman–Crippen MR) is 95.9 cm³/mol. The Kier molecular flexibility index (Phi) is 5.80. The van der Waals surface area contributed by atoms with Gasteiger partial charge in [-0.2, -0.15) is 4.31 Å².